The Hall–Kier alpha value is -2.44. The number of anilines is 1. The van der Waals surface area contributed by atoms with Gasteiger partial charge in [-0.1, -0.05) is 12.1 Å². The number of nitrogens with one attached hydrogen (secondary N) is 1. The molecular weight excluding hydrogens is 321 g/mol. The lowest BCUT2D eigenvalue weighted by atomic mass is 9.88. The second-order valence-electron chi connectivity index (χ2n) is 6.93. The van der Waals surface area contributed by atoms with Crippen molar-refractivity contribution in [1.82, 2.24) is 20.3 Å². The minimum Gasteiger partial charge on any atom is -0.363 e. The van der Waals surface area contributed by atoms with Crippen LogP contribution in [-0.2, 0) is 17.6 Å². The van der Waals surface area contributed by atoms with E-state index in [1.807, 2.05) is 17.9 Å². The molecule has 1 fully saturated rings. The monoisotopic (exact) mass is 343 g/mol. The van der Waals surface area contributed by atoms with Gasteiger partial charge in [-0.3, -0.25) is 4.79 Å². The molecule has 2 heterocycles. The SMILES string of the molecule is C[C@@H]1CN(C(=O)[C@@H]2CCc3n[nH]nc3C2)CCN1c1ccccc1F. The predicted octanol–water partition coefficient (Wildman–Crippen LogP) is 1.79. The molecule has 7 heteroatoms. The van der Waals surface area contributed by atoms with E-state index in [0.717, 1.165) is 24.2 Å². The summed E-state index contributed by atoms with van der Waals surface area (Å²) in [6.07, 6.45) is 2.28. The lowest BCUT2D eigenvalue weighted by molar-refractivity contribution is -0.136. The number of fused-ring (bicyclic) bond motifs is 1. The van der Waals surface area contributed by atoms with Gasteiger partial charge in [-0.2, -0.15) is 15.4 Å². The lowest BCUT2D eigenvalue weighted by Crippen LogP contribution is -2.55. The van der Waals surface area contributed by atoms with Crippen molar-refractivity contribution >= 4 is 11.6 Å². The average molecular weight is 343 g/mol. The molecule has 132 valence electrons. The first-order valence-electron chi connectivity index (χ1n) is 8.82. The van der Waals surface area contributed by atoms with Crippen LogP contribution < -0.4 is 4.90 Å². The number of piperazine rings is 1. The fourth-order valence-electron chi connectivity index (χ4n) is 3.95. The molecule has 1 aliphatic heterocycles. The molecule has 1 amide bonds. The van der Waals surface area contributed by atoms with E-state index in [1.165, 1.54) is 6.07 Å². The zero-order valence-corrected chi connectivity index (χ0v) is 14.3. The highest BCUT2D eigenvalue weighted by Crippen LogP contribution is 2.27. The summed E-state index contributed by atoms with van der Waals surface area (Å²) >= 11 is 0. The Morgan fingerprint density at radius 1 is 1.24 bits per heavy atom. The smallest absolute Gasteiger partial charge is 0.226 e. The molecule has 2 aliphatic rings. The number of benzene rings is 1. The van der Waals surface area contributed by atoms with Crippen LogP contribution in [0.4, 0.5) is 10.1 Å². The van der Waals surface area contributed by atoms with Gasteiger partial charge in [0.2, 0.25) is 5.91 Å². The van der Waals surface area contributed by atoms with E-state index in [9.17, 15) is 9.18 Å². The number of rotatable bonds is 2. The fourth-order valence-corrected chi connectivity index (χ4v) is 3.95. The molecule has 1 aliphatic carbocycles. The molecule has 25 heavy (non-hydrogen) atoms. The minimum atomic E-state index is -0.208. The molecule has 1 aromatic heterocycles. The summed E-state index contributed by atoms with van der Waals surface area (Å²) in [5.74, 6) is -0.0431. The molecule has 0 radical (unpaired) electrons. The molecule has 1 N–H and O–H groups in total. The number of hydrogen-bond acceptors (Lipinski definition) is 4. The summed E-state index contributed by atoms with van der Waals surface area (Å²) in [6.45, 7) is 3.94. The summed E-state index contributed by atoms with van der Waals surface area (Å²) in [4.78, 5) is 16.9. The Labute approximate surface area is 146 Å². The first-order valence-corrected chi connectivity index (χ1v) is 8.82. The summed E-state index contributed by atoms with van der Waals surface area (Å²) in [5, 5.41) is 10.9. The standard InChI is InChI=1S/C18H22FN5O/c1-12-11-23(8-9-24(12)17-5-3-2-4-14(17)19)18(25)13-6-7-15-16(10-13)21-22-20-15/h2-5,12-13H,6-11H2,1H3,(H,20,21,22)/t12-,13-/m1/s1. The van der Waals surface area contributed by atoms with Crippen LogP contribution in [0, 0.1) is 11.7 Å². The molecular formula is C18H22FN5O. The summed E-state index contributed by atoms with van der Waals surface area (Å²) in [6, 6.07) is 6.92. The molecule has 0 unspecified atom stereocenters. The first-order chi connectivity index (χ1) is 12.1. The maximum absolute atomic E-state index is 14.1. The van der Waals surface area contributed by atoms with Crippen molar-refractivity contribution in [3.63, 3.8) is 0 Å². The molecule has 1 saturated heterocycles. The molecule has 0 bridgehead atoms. The van der Waals surface area contributed by atoms with E-state index in [4.69, 9.17) is 0 Å². The van der Waals surface area contributed by atoms with E-state index < -0.39 is 0 Å². The fraction of sp³-hybridized carbons (Fsp3) is 0.500. The normalized spacial score (nSPS) is 23.4. The van der Waals surface area contributed by atoms with E-state index in [-0.39, 0.29) is 23.7 Å². The molecule has 1 aromatic carbocycles. The van der Waals surface area contributed by atoms with Crippen LogP contribution in [-0.4, -0.2) is 51.9 Å². The zero-order valence-electron chi connectivity index (χ0n) is 14.3. The highest BCUT2D eigenvalue weighted by molar-refractivity contribution is 5.80. The maximum Gasteiger partial charge on any atom is 0.226 e. The van der Waals surface area contributed by atoms with Crippen LogP contribution in [0.3, 0.4) is 0 Å². The third kappa shape index (κ3) is 2.99. The van der Waals surface area contributed by atoms with Crippen molar-refractivity contribution < 1.29 is 9.18 Å². The number of aryl methyl sites for hydroxylation is 1. The maximum atomic E-state index is 14.1. The Morgan fingerprint density at radius 3 is 2.84 bits per heavy atom. The van der Waals surface area contributed by atoms with Gasteiger partial charge in [0.05, 0.1) is 17.1 Å². The second-order valence-corrected chi connectivity index (χ2v) is 6.93. The largest absolute Gasteiger partial charge is 0.363 e. The summed E-state index contributed by atoms with van der Waals surface area (Å²) in [7, 11) is 0. The Morgan fingerprint density at radius 2 is 2.04 bits per heavy atom. The number of hydrogen-bond donors (Lipinski definition) is 1. The van der Waals surface area contributed by atoms with E-state index >= 15 is 0 Å². The van der Waals surface area contributed by atoms with Crippen molar-refractivity contribution in [3.8, 4) is 0 Å². The van der Waals surface area contributed by atoms with Crippen LogP contribution in [0.5, 0.6) is 0 Å². The third-order valence-corrected chi connectivity index (χ3v) is 5.32. The van der Waals surface area contributed by atoms with Gasteiger partial charge in [-0.15, -0.1) is 0 Å². The van der Waals surface area contributed by atoms with Gasteiger partial charge in [-0.05, 0) is 31.9 Å². The number of aromatic nitrogens is 3. The van der Waals surface area contributed by atoms with Crippen molar-refractivity contribution in [2.75, 3.05) is 24.5 Å². The zero-order chi connectivity index (χ0) is 17.4. The van der Waals surface area contributed by atoms with Crippen LogP contribution in [0.2, 0.25) is 0 Å². The number of halogens is 1. The van der Waals surface area contributed by atoms with E-state index in [1.54, 1.807) is 12.1 Å². The minimum absolute atomic E-state index is 0.0233. The highest BCUT2D eigenvalue weighted by Gasteiger charge is 2.34. The number of nitrogens with zero attached hydrogens (tertiary/aromatic N) is 4. The molecule has 4 rings (SSSR count). The third-order valence-electron chi connectivity index (χ3n) is 5.32. The van der Waals surface area contributed by atoms with Crippen LogP contribution in [0.15, 0.2) is 24.3 Å². The van der Waals surface area contributed by atoms with Gasteiger partial charge in [0.1, 0.15) is 5.82 Å². The molecule has 6 nitrogen and oxygen atoms in total. The summed E-state index contributed by atoms with van der Waals surface area (Å²) in [5.41, 5.74) is 2.52. The summed E-state index contributed by atoms with van der Waals surface area (Å²) < 4.78 is 14.1. The molecule has 2 aromatic rings. The quantitative estimate of drug-likeness (QED) is 0.903. The highest BCUT2D eigenvalue weighted by atomic mass is 19.1. The molecule has 2 atom stereocenters. The van der Waals surface area contributed by atoms with Crippen molar-refractivity contribution in [3.05, 3.63) is 41.5 Å². The van der Waals surface area contributed by atoms with Gasteiger partial charge in [0, 0.05) is 38.0 Å². The van der Waals surface area contributed by atoms with Gasteiger partial charge >= 0.3 is 0 Å². The van der Waals surface area contributed by atoms with Crippen molar-refractivity contribution in [2.45, 2.75) is 32.2 Å². The van der Waals surface area contributed by atoms with E-state index in [0.29, 0.717) is 31.7 Å². The molecule has 0 spiro atoms. The van der Waals surface area contributed by atoms with E-state index in [2.05, 4.69) is 20.3 Å². The first kappa shape index (κ1) is 16.1. The number of carbonyl (C=O) groups excluding carboxylic acids is 1. The van der Waals surface area contributed by atoms with Crippen LogP contribution >= 0.6 is 0 Å². The van der Waals surface area contributed by atoms with Gasteiger partial charge in [-0.25, -0.2) is 4.39 Å². The Bertz CT molecular complexity index is 776. The number of H-pyrrole nitrogens is 1. The van der Waals surface area contributed by atoms with Gasteiger partial charge < -0.3 is 9.80 Å². The van der Waals surface area contributed by atoms with Crippen LogP contribution in [0.1, 0.15) is 24.7 Å². The van der Waals surface area contributed by atoms with Crippen molar-refractivity contribution in [1.29, 1.82) is 0 Å². The Balaban J connectivity index is 1.42. The predicted molar refractivity (Wildman–Crippen MR) is 91.7 cm³/mol. The molecule has 0 saturated carbocycles. The number of para-hydroxylation sites is 1. The topological polar surface area (TPSA) is 65.1 Å². The van der Waals surface area contributed by atoms with Crippen molar-refractivity contribution in [2.24, 2.45) is 5.92 Å². The lowest BCUT2D eigenvalue weighted by Gasteiger charge is -2.42. The second kappa shape index (κ2) is 6.46. The van der Waals surface area contributed by atoms with Crippen LogP contribution in [0.25, 0.3) is 0 Å². The Kier molecular flexibility index (Phi) is 4.15. The van der Waals surface area contributed by atoms with Gasteiger partial charge in [0.25, 0.3) is 0 Å². The number of aromatic amines is 1. The van der Waals surface area contributed by atoms with Gasteiger partial charge in [0.15, 0.2) is 0 Å². The number of amides is 1. The average Bonchev–Trinajstić information content (AvgIpc) is 3.09. The number of carbonyl (C=O) groups is 1.